The van der Waals surface area contributed by atoms with Gasteiger partial charge in [0.1, 0.15) is 18.4 Å². The van der Waals surface area contributed by atoms with Crippen molar-refractivity contribution in [3.8, 4) is 5.75 Å². The predicted molar refractivity (Wildman–Crippen MR) is 102 cm³/mol. The van der Waals surface area contributed by atoms with Gasteiger partial charge in [-0.05, 0) is 49.4 Å². The number of hydrogen-bond donors (Lipinski definition) is 3. The average Bonchev–Trinajstić information content (AvgIpc) is 3.17. The summed E-state index contributed by atoms with van der Waals surface area (Å²) in [6.07, 6.45) is 2.47. The van der Waals surface area contributed by atoms with Crippen LogP contribution in [0.4, 0.5) is 0 Å². The summed E-state index contributed by atoms with van der Waals surface area (Å²) in [5.41, 5.74) is 0.384. The molecular formula is C20H28N2O6. The molecule has 0 bridgehead atoms. The van der Waals surface area contributed by atoms with Gasteiger partial charge in [-0.1, -0.05) is 13.8 Å². The number of nitrogens with one attached hydrogen (secondary N) is 2. The van der Waals surface area contributed by atoms with Crippen molar-refractivity contribution in [1.29, 1.82) is 0 Å². The van der Waals surface area contributed by atoms with Crippen LogP contribution in [0, 0.1) is 5.92 Å². The topological polar surface area (TPSA) is 114 Å². The molecule has 28 heavy (non-hydrogen) atoms. The second-order valence-electron chi connectivity index (χ2n) is 7.24. The van der Waals surface area contributed by atoms with E-state index in [1.165, 1.54) is 0 Å². The Kier molecular flexibility index (Phi) is 8.25. The lowest BCUT2D eigenvalue weighted by Crippen LogP contribution is -2.46. The Bertz CT molecular complexity index is 668. The fourth-order valence-electron chi connectivity index (χ4n) is 2.87. The van der Waals surface area contributed by atoms with Gasteiger partial charge in [0.15, 0.2) is 0 Å². The molecule has 1 fully saturated rings. The molecule has 0 aliphatic carbocycles. The van der Waals surface area contributed by atoms with Gasteiger partial charge in [0.05, 0.1) is 12.6 Å². The lowest BCUT2D eigenvalue weighted by atomic mass is 10.0. The van der Waals surface area contributed by atoms with Crippen LogP contribution in [0.5, 0.6) is 5.75 Å². The van der Waals surface area contributed by atoms with E-state index in [0.717, 1.165) is 19.4 Å². The van der Waals surface area contributed by atoms with E-state index in [0.29, 0.717) is 24.3 Å². The number of carbonyl (C=O) groups excluding carboxylic acids is 2. The van der Waals surface area contributed by atoms with E-state index >= 15 is 0 Å². The molecule has 2 atom stereocenters. The Balaban J connectivity index is 1.76. The van der Waals surface area contributed by atoms with Gasteiger partial charge >= 0.3 is 5.97 Å². The molecule has 1 aromatic rings. The molecule has 0 saturated carbocycles. The Morgan fingerprint density at radius 3 is 2.54 bits per heavy atom. The van der Waals surface area contributed by atoms with Crippen molar-refractivity contribution >= 4 is 17.8 Å². The number of benzene rings is 1. The Hall–Kier alpha value is -2.61. The van der Waals surface area contributed by atoms with Crippen LogP contribution in [0.2, 0.25) is 0 Å². The molecule has 2 rings (SSSR count). The molecule has 1 aliphatic rings. The molecule has 1 unspecified atom stereocenters. The van der Waals surface area contributed by atoms with Gasteiger partial charge in [-0.3, -0.25) is 9.59 Å². The quantitative estimate of drug-likeness (QED) is 0.557. The van der Waals surface area contributed by atoms with E-state index in [9.17, 15) is 14.4 Å². The maximum Gasteiger partial charge on any atom is 0.326 e. The van der Waals surface area contributed by atoms with E-state index in [2.05, 4.69) is 10.6 Å². The van der Waals surface area contributed by atoms with E-state index < -0.39 is 23.8 Å². The maximum absolute atomic E-state index is 12.2. The molecule has 1 saturated heterocycles. The molecule has 1 aromatic carbocycles. The van der Waals surface area contributed by atoms with Crippen molar-refractivity contribution in [2.24, 2.45) is 5.92 Å². The summed E-state index contributed by atoms with van der Waals surface area (Å²) in [6, 6.07) is 5.62. The van der Waals surface area contributed by atoms with E-state index in [1.54, 1.807) is 24.3 Å². The zero-order valence-electron chi connectivity index (χ0n) is 16.3. The minimum Gasteiger partial charge on any atom is -0.491 e. The number of aliphatic carboxylic acids is 1. The molecule has 2 amide bonds. The van der Waals surface area contributed by atoms with E-state index in [4.69, 9.17) is 14.6 Å². The fourth-order valence-corrected chi connectivity index (χ4v) is 2.87. The first-order valence-electron chi connectivity index (χ1n) is 9.50. The van der Waals surface area contributed by atoms with Crippen molar-refractivity contribution in [3.63, 3.8) is 0 Å². The summed E-state index contributed by atoms with van der Waals surface area (Å²) < 4.78 is 11.1. The molecule has 1 heterocycles. The van der Waals surface area contributed by atoms with Gasteiger partial charge < -0.3 is 25.2 Å². The normalized spacial score (nSPS) is 17.2. The van der Waals surface area contributed by atoms with Gasteiger partial charge in [0.2, 0.25) is 5.91 Å². The number of amides is 2. The van der Waals surface area contributed by atoms with E-state index in [-0.39, 0.29) is 18.6 Å². The van der Waals surface area contributed by atoms with Crippen LogP contribution in [0.15, 0.2) is 24.3 Å². The van der Waals surface area contributed by atoms with Crippen molar-refractivity contribution in [2.45, 2.75) is 45.3 Å². The number of carboxylic acid groups (broad SMARTS) is 1. The van der Waals surface area contributed by atoms with Crippen LogP contribution in [-0.2, 0) is 14.3 Å². The summed E-state index contributed by atoms with van der Waals surface area (Å²) in [4.78, 5) is 35.3. The molecule has 0 spiro atoms. The SMILES string of the molecule is CC(C)C[C@H](NC(=O)CNC(=O)c1ccc(OCC2CCCO2)cc1)C(=O)O. The summed E-state index contributed by atoms with van der Waals surface area (Å²) in [5.74, 6) is -1.29. The molecule has 1 aliphatic heterocycles. The predicted octanol–water partition coefficient (Wildman–Crippen LogP) is 1.59. The first-order chi connectivity index (χ1) is 13.3. The first-order valence-corrected chi connectivity index (χ1v) is 9.50. The summed E-state index contributed by atoms with van der Waals surface area (Å²) >= 11 is 0. The average molecular weight is 392 g/mol. The molecule has 154 valence electrons. The van der Waals surface area contributed by atoms with Gasteiger partial charge in [0, 0.05) is 12.2 Å². The van der Waals surface area contributed by atoms with Crippen LogP contribution in [0.3, 0.4) is 0 Å². The zero-order valence-corrected chi connectivity index (χ0v) is 16.3. The van der Waals surface area contributed by atoms with Crippen molar-refractivity contribution in [1.82, 2.24) is 10.6 Å². The van der Waals surface area contributed by atoms with Crippen LogP contribution < -0.4 is 15.4 Å². The minimum absolute atomic E-state index is 0.117. The van der Waals surface area contributed by atoms with Gasteiger partial charge in [-0.15, -0.1) is 0 Å². The Labute approximate surface area is 164 Å². The molecule has 0 radical (unpaired) electrons. The minimum atomic E-state index is -1.09. The van der Waals surface area contributed by atoms with Crippen LogP contribution in [0.25, 0.3) is 0 Å². The molecule has 8 heteroatoms. The smallest absolute Gasteiger partial charge is 0.326 e. The highest BCUT2D eigenvalue weighted by atomic mass is 16.5. The second-order valence-corrected chi connectivity index (χ2v) is 7.24. The van der Waals surface area contributed by atoms with Crippen LogP contribution in [0.1, 0.15) is 43.5 Å². The lowest BCUT2D eigenvalue weighted by molar-refractivity contribution is -0.142. The number of rotatable bonds is 10. The first kappa shape index (κ1) is 21.7. The fraction of sp³-hybridized carbons (Fsp3) is 0.550. The third kappa shape index (κ3) is 7.19. The van der Waals surface area contributed by atoms with Crippen molar-refractivity contribution in [3.05, 3.63) is 29.8 Å². The lowest BCUT2D eigenvalue weighted by Gasteiger charge is -2.16. The van der Waals surface area contributed by atoms with Gasteiger partial charge in [-0.2, -0.15) is 0 Å². The number of hydrogen-bond acceptors (Lipinski definition) is 5. The largest absolute Gasteiger partial charge is 0.491 e. The molecular weight excluding hydrogens is 364 g/mol. The summed E-state index contributed by atoms with van der Waals surface area (Å²) in [6.45, 7) is 4.70. The highest BCUT2D eigenvalue weighted by Gasteiger charge is 2.21. The van der Waals surface area contributed by atoms with Gasteiger partial charge in [0.25, 0.3) is 5.91 Å². The highest BCUT2D eigenvalue weighted by Crippen LogP contribution is 2.16. The van der Waals surface area contributed by atoms with Crippen molar-refractivity contribution < 1.29 is 29.0 Å². The third-order valence-corrected chi connectivity index (χ3v) is 4.33. The highest BCUT2D eigenvalue weighted by molar-refractivity contribution is 5.96. The third-order valence-electron chi connectivity index (χ3n) is 4.33. The Morgan fingerprint density at radius 2 is 1.96 bits per heavy atom. The summed E-state index contributed by atoms with van der Waals surface area (Å²) in [7, 11) is 0. The van der Waals surface area contributed by atoms with Crippen molar-refractivity contribution in [2.75, 3.05) is 19.8 Å². The van der Waals surface area contributed by atoms with Gasteiger partial charge in [-0.25, -0.2) is 4.79 Å². The number of carboxylic acids is 1. The molecule has 0 aromatic heterocycles. The summed E-state index contributed by atoms with van der Waals surface area (Å²) in [5, 5.41) is 14.1. The van der Waals surface area contributed by atoms with E-state index in [1.807, 2.05) is 13.8 Å². The maximum atomic E-state index is 12.2. The monoisotopic (exact) mass is 392 g/mol. The zero-order chi connectivity index (χ0) is 20.5. The standard InChI is InChI=1S/C20H28N2O6/c1-13(2)10-17(20(25)26)22-18(23)11-21-19(24)14-5-7-15(8-6-14)28-12-16-4-3-9-27-16/h5-8,13,16-17H,3-4,9-12H2,1-2H3,(H,21,24)(H,22,23)(H,25,26)/t16?,17-/m0/s1. The molecule has 8 nitrogen and oxygen atoms in total. The van der Waals surface area contributed by atoms with Crippen LogP contribution >= 0.6 is 0 Å². The van der Waals surface area contributed by atoms with Crippen LogP contribution in [-0.4, -0.2) is 54.8 Å². The Morgan fingerprint density at radius 1 is 1.25 bits per heavy atom. The molecule has 3 N–H and O–H groups in total. The number of carbonyl (C=O) groups is 3. The second kappa shape index (κ2) is 10.7. The number of ether oxygens (including phenoxy) is 2.